The van der Waals surface area contributed by atoms with Crippen molar-refractivity contribution in [3.8, 4) is 0 Å². The van der Waals surface area contributed by atoms with E-state index >= 15 is 0 Å². The van der Waals surface area contributed by atoms with Crippen LogP contribution in [0.2, 0.25) is 0 Å². The van der Waals surface area contributed by atoms with Crippen molar-refractivity contribution in [1.82, 2.24) is 4.98 Å². The highest BCUT2D eigenvalue weighted by Gasteiger charge is 2.52. The Labute approximate surface area is 119 Å². The zero-order chi connectivity index (χ0) is 15.3. The fourth-order valence-electron chi connectivity index (χ4n) is 2.15. The first-order chi connectivity index (χ1) is 9.05. The van der Waals surface area contributed by atoms with Crippen LogP contribution < -0.4 is 5.46 Å². The van der Waals surface area contributed by atoms with Crippen molar-refractivity contribution in [2.75, 3.05) is 0 Å². The minimum Gasteiger partial charge on any atom is -0.477 e. The molecule has 1 N–H and O–H groups in total. The van der Waals surface area contributed by atoms with Gasteiger partial charge in [-0.15, -0.1) is 0 Å². The van der Waals surface area contributed by atoms with Crippen LogP contribution in [-0.2, 0) is 9.31 Å². The number of hydrogen-bond acceptors (Lipinski definition) is 4. The normalized spacial score (nSPS) is 20.2. The molecule has 0 radical (unpaired) electrons. The SMILES string of the molecule is Cc1cc(B2OC(C)(C)C(C)(C)O2)c(C)nc1C(=O)O. The van der Waals surface area contributed by atoms with Crippen LogP contribution >= 0.6 is 0 Å². The van der Waals surface area contributed by atoms with Gasteiger partial charge in [0.05, 0.1) is 11.2 Å². The maximum Gasteiger partial charge on any atom is 0.496 e. The van der Waals surface area contributed by atoms with Crippen LogP contribution in [0.4, 0.5) is 0 Å². The van der Waals surface area contributed by atoms with Crippen LogP contribution in [0.3, 0.4) is 0 Å². The second-order valence-electron chi connectivity index (χ2n) is 6.22. The highest BCUT2D eigenvalue weighted by Crippen LogP contribution is 2.36. The van der Waals surface area contributed by atoms with E-state index in [1.807, 2.05) is 27.7 Å². The maximum absolute atomic E-state index is 11.1. The van der Waals surface area contributed by atoms with Crippen LogP contribution in [0, 0.1) is 13.8 Å². The van der Waals surface area contributed by atoms with E-state index in [4.69, 9.17) is 14.4 Å². The van der Waals surface area contributed by atoms with E-state index in [2.05, 4.69) is 4.98 Å². The molecule has 20 heavy (non-hydrogen) atoms. The topological polar surface area (TPSA) is 68.7 Å². The average molecular weight is 277 g/mol. The van der Waals surface area contributed by atoms with Crippen LogP contribution in [0.5, 0.6) is 0 Å². The summed E-state index contributed by atoms with van der Waals surface area (Å²) in [6, 6.07) is 1.79. The van der Waals surface area contributed by atoms with Gasteiger partial charge >= 0.3 is 13.1 Å². The molecule has 0 aliphatic carbocycles. The molecule has 0 atom stereocenters. The third kappa shape index (κ3) is 2.34. The monoisotopic (exact) mass is 277 g/mol. The molecule has 5 nitrogen and oxygen atoms in total. The van der Waals surface area contributed by atoms with Gasteiger partial charge in [0.1, 0.15) is 0 Å². The molecular formula is C14H20BNO4. The molecule has 1 aliphatic rings. The first kappa shape index (κ1) is 15.0. The van der Waals surface area contributed by atoms with E-state index in [9.17, 15) is 4.79 Å². The Morgan fingerprint density at radius 1 is 1.20 bits per heavy atom. The molecule has 1 aliphatic heterocycles. The van der Waals surface area contributed by atoms with E-state index in [-0.39, 0.29) is 5.69 Å². The van der Waals surface area contributed by atoms with Crippen molar-refractivity contribution in [2.45, 2.75) is 52.7 Å². The standard InChI is InChI=1S/C14H20BNO4/c1-8-7-10(9(2)16-11(8)12(17)18)15-19-13(3,4)14(5,6)20-15/h7H,1-6H3,(H,17,18). The fraction of sp³-hybridized carbons (Fsp3) is 0.571. The van der Waals surface area contributed by atoms with Gasteiger partial charge < -0.3 is 14.4 Å². The van der Waals surface area contributed by atoms with Gasteiger partial charge in [0.2, 0.25) is 0 Å². The number of carboxylic acid groups (broad SMARTS) is 1. The molecule has 108 valence electrons. The zero-order valence-corrected chi connectivity index (χ0v) is 12.8. The molecule has 0 saturated carbocycles. The summed E-state index contributed by atoms with van der Waals surface area (Å²) in [6.07, 6.45) is 0. The van der Waals surface area contributed by atoms with Crippen molar-refractivity contribution in [1.29, 1.82) is 0 Å². The summed E-state index contributed by atoms with van der Waals surface area (Å²) in [5.41, 5.74) is 1.22. The molecule has 1 saturated heterocycles. The highest BCUT2D eigenvalue weighted by atomic mass is 16.7. The lowest BCUT2D eigenvalue weighted by molar-refractivity contribution is 0.00578. The molecule has 6 heteroatoms. The lowest BCUT2D eigenvalue weighted by Gasteiger charge is -2.32. The number of pyridine rings is 1. The molecule has 0 amide bonds. The first-order valence-corrected chi connectivity index (χ1v) is 6.62. The van der Waals surface area contributed by atoms with E-state index in [1.165, 1.54) is 0 Å². The lowest BCUT2D eigenvalue weighted by atomic mass is 9.77. The molecule has 1 aromatic rings. The minimum absolute atomic E-state index is 0.0720. The molecule has 2 heterocycles. The van der Waals surface area contributed by atoms with E-state index in [1.54, 1.807) is 19.9 Å². The summed E-state index contributed by atoms with van der Waals surface area (Å²) in [7, 11) is -0.519. The van der Waals surface area contributed by atoms with E-state index in [0.29, 0.717) is 11.3 Å². The zero-order valence-electron chi connectivity index (χ0n) is 12.8. The lowest BCUT2D eigenvalue weighted by Crippen LogP contribution is -2.41. The quantitative estimate of drug-likeness (QED) is 0.833. The number of aromatic carboxylic acids is 1. The van der Waals surface area contributed by atoms with Crippen LogP contribution in [0.15, 0.2) is 6.07 Å². The number of aryl methyl sites for hydroxylation is 2. The number of nitrogens with zero attached hydrogens (tertiary/aromatic N) is 1. The van der Waals surface area contributed by atoms with Crippen LogP contribution in [0.25, 0.3) is 0 Å². The van der Waals surface area contributed by atoms with Crippen molar-refractivity contribution in [3.63, 3.8) is 0 Å². The number of rotatable bonds is 2. The van der Waals surface area contributed by atoms with E-state index in [0.717, 1.165) is 5.46 Å². The van der Waals surface area contributed by atoms with Crippen molar-refractivity contribution in [2.24, 2.45) is 0 Å². The summed E-state index contributed by atoms with van der Waals surface area (Å²) >= 11 is 0. The number of carbonyl (C=O) groups is 1. The predicted molar refractivity (Wildman–Crippen MR) is 76.4 cm³/mol. The Bertz CT molecular complexity index is 553. The van der Waals surface area contributed by atoms with Gasteiger partial charge in [0.15, 0.2) is 5.69 Å². The Morgan fingerprint density at radius 2 is 1.70 bits per heavy atom. The third-order valence-corrected chi connectivity index (χ3v) is 4.15. The maximum atomic E-state index is 11.1. The summed E-state index contributed by atoms with van der Waals surface area (Å²) in [5, 5.41) is 9.09. The van der Waals surface area contributed by atoms with Gasteiger partial charge in [-0.3, -0.25) is 0 Å². The third-order valence-electron chi connectivity index (χ3n) is 4.15. The Morgan fingerprint density at radius 3 is 2.15 bits per heavy atom. The molecule has 0 bridgehead atoms. The first-order valence-electron chi connectivity index (χ1n) is 6.62. The fourth-order valence-corrected chi connectivity index (χ4v) is 2.15. The van der Waals surface area contributed by atoms with Gasteiger partial charge in [0.25, 0.3) is 0 Å². The smallest absolute Gasteiger partial charge is 0.477 e. The van der Waals surface area contributed by atoms with Gasteiger partial charge in [-0.05, 0) is 47.1 Å². The van der Waals surface area contributed by atoms with E-state index < -0.39 is 24.3 Å². The number of hydrogen-bond donors (Lipinski definition) is 1. The minimum atomic E-state index is -1.02. The van der Waals surface area contributed by atoms with Crippen LogP contribution in [0.1, 0.15) is 49.4 Å². The summed E-state index contributed by atoms with van der Waals surface area (Å²) in [6.45, 7) is 11.4. The second-order valence-corrected chi connectivity index (χ2v) is 6.22. The van der Waals surface area contributed by atoms with Crippen molar-refractivity contribution < 1.29 is 19.2 Å². The Hall–Kier alpha value is -1.40. The summed E-state index contributed by atoms with van der Waals surface area (Å²) in [5.74, 6) is -1.02. The van der Waals surface area contributed by atoms with Crippen molar-refractivity contribution in [3.05, 3.63) is 23.0 Å². The van der Waals surface area contributed by atoms with Crippen LogP contribution in [-0.4, -0.2) is 34.4 Å². The van der Waals surface area contributed by atoms with Crippen molar-refractivity contribution >= 4 is 18.6 Å². The molecule has 0 spiro atoms. The largest absolute Gasteiger partial charge is 0.496 e. The average Bonchev–Trinajstić information content (AvgIpc) is 2.50. The molecule has 0 unspecified atom stereocenters. The predicted octanol–water partition coefficient (Wildman–Crippen LogP) is 1.70. The molecule has 1 aromatic heterocycles. The molecule has 0 aromatic carbocycles. The molecule has 1 fully saturated rings. The second kappa shape index (κ2) is 4.57. The Kier molecular flexibility index (Phi) is 3.43. The van der Waals surface area contributed by atoms with Gasteiger partial charge in [0, 0.05) is 11.2 Å². The van der Waals surface area contributed by atoms with Gasteiger partial charge in [-0.1, -0.05) is 6.07 Å². The Balaban J connectivity index is 2.41. The molecular weight excluding hydrogens is 257 g/mol. The number of carboxylic acids is 1. The summed E-state index contributed by atoms with van der Waals surface area (Å²) < 4.78 is 12.0. The molecule has 2 rings (SSSR count). The highest BCUT2D eigenvalue weighted by molar-refractivity contribution is 6.62. The number of aromatic nitrogens is 1. The summed E-state index contributed by atoms with van der Waals surface area (Å²) in [4.78, 5) is 15.2. The van der Waals surface area contributed by atoms with Gasteiger partial charge in [-0.25, -0.2) is 9.78 Å². The van der Waals surface area contributed by atoms with Gasteiger partial charge in [-0.2, -0.15) is 0 Å².